The van der Waals surface area contributed by atoms with Gasteiger partial charge in [-0.05, 0) is 12.1 Å². The van der Waals surface area contributed by atoms with Gasteiger partial charge < -0.3 is 5.73 Å². The van der Waals surface area contributed by atoms with Crippen LogP contribution in [0.15, 0.2) is 30.3 Å². The van der Waals surface area contributed by atoms with Crippen molar-refractivity contribution in [2.24, 2.45) is 0 Å². The van der Waals surface area contributed by atoms with Crippen molar-refractivity contribution in [2.45, 2.75) is 0 Å². The topological polar surface area (TPSA) is 67.6 Å². The fraction of sp³-hybridized carbons (Fsp3) is 0. The summed E-state index contributed by atoms with van der Waals surface area (Å²) in [6.45, 7) is 0. The minimum Gasteiger partial charge on any atom is -0.382 e. The summed E-state index contributed by atoms with van der Waals surface area (Å²) in [4.78, 5) is 0. The monoisotopic (exact) mass is 218 g/mol. The Hall–Kier alpha value is -1.99. The fourth-order valence-electron chi connectivity index (χ4n) is 1.25. The second-order valence-electron chi connectivity index (χ2n) is 2.91. The van der Waals surface area contributed by atoms with E-state index in [-0.39, 0.29) is 16.5 Å². The molecule has 0 radical (unpaired) electrons. The molecule has 0 bridgehead atoms. The number of benzene rings is 1. The van der Waals surface area contributed by atoms with Gasteiger partial charge in [-0.2, -0.15) is 10.4 Å². The molecule has 0 aliphatic rings. The Balaban J connectivity index is 2.61. The van der Waals surface area contributed by atoms with E-state index in [1.807, 2.05) is 36.4 Å². The van der Waals surface area contributed by atoms with Crippen molar-refractivity contribution < 1.29 is 0 Å². The van der Waals surface area contributed by atoms with Crippen LogP contribution in [0, 0.1) is 11.3 Å². The maximum absolute atomic E-state index is 8.74. The molecule has 0 unspecified atom stereocenters. The molecule has 1 aromatic heterocycles. The van der Waals surface area contributed by atoms with Crippen LogP contribution in [-0.4, -0.2) is 9.78 Å². The van der Waals surface area contributed by atoms with Crippen LogP contribution in [0.5, 0.6) is 0 Å². The maximum Gasteiger partial charge on any atom is 0.183 e. The van der Waals surface area contributed by atoms with Gasteiger partial charge in [-0.25, -0.2) is 4.68 Å². The maximum atomic E-state index is 8.74. The summed E-state index contributed by atoms with van der Waals surface area (Å²) in [5.41, 5.74) is 6.64. The van der Waals surface area contributed by atoms with Gasteiger partial charge in [0.05, 0.1) is 5.69 Å². The van der Waals surface area contributed by atoms with Crippen LogP contribution in [-0.2, 0) is 0 Å². The molecular formula is C10H7ClN4. The Morgan fingerprint density at radius 3 is 2.53 bits per heavy atom. The first-order valence-corrected chi connectivity index (χ1v) is 4.61. The van der Waals surface area contributed by atoms with Crippen molar-refractivity contribution in [3.8, 4) is 11.8 Å². The van der Waals surface area contributed by atoms with Gasteiger partial charge in [0.15, 0.2) is 5.69 Å². The molecule has 1 heterocycles. The molecule has 0 atom stereocenters. The molecule has 0 saturated heterocycles. The molecule has 4 nitrogen and oxygen atoms in total. The smallest absolute Gasteiger partial charge is 0.183 e. The highest BCUT2D eigenvalue weighted by Crippen LogP contribution is 2.25. The molecule has 74 valence electrons. The Morgan fingerprint density at radius 2 is 2.00 bits per heavy atom. The van der Waals surface area contributed by atoms with E-state index in [9.17, 15) is 0 Å². The number of para-hydroxylation sites is 1. The molecule has 0 spiro atoms. The average molecular weight is 219 g/mol. The Labute approximate surface area is 91.5 Å². The third-order valence-corrected chi connectivity index (χ3v) is 2.34. The van der Waals surface area contributed by atoms with E-state index in [0.29, 0.717) is 0 Å². The van der Waals surface area contributed by atoms with Crippen LogP contribution >= 0.6 is 11.6 Å². The quantitative estimate of drug-likeness (QED) is 0.796. The largest absolute Gasteiger partial charge is 0.382 e. The highest BCUT2D eigenvalue weighted by Gasteiger charge is 2.13. The van der Waals surface area contributed by atoms with Gasteiger partial charge in [0, 0.05) is 0 Å². The Bertz CT molecular complexity index is 524. The lowest BCUT2D eigenvalue weighted by molar-refractivity contribution is 0.883. The van der Waals surface area contributed by atoms with Crippen LogP contribution in [0.25, 0.3) is 5.69 Å². The second-order valence-corrected chi connectivity index (χ2v) is 3.28. The first-order valence-electron chi connectivity index (χ1n) is 4.23. The van der Waals surface area contributed by atoms with Gasteiger partial charge in [-0.15, -0.1) is 0 Å². The highest BCUT2D eigenvalue weighted by atomic mass is 35.5. The molecular weight excluding hydrogens is 212 g/mol. The summed E-state index contributed by atoms with van der Waals surface area (Å²) in [6, 6.07) is 11.2. The SMILES string of the molecule is N#Cc1nn(-c2ccccc2)c(N)c1Cl. The van der Waals surface area contributed by atoms with Crippen molar-refractivity contribution in [3.63, 3.8) is 0 Å². The number of nitriles is 1. The summed E-state index contributed by atoms with van der Waals surface area (Å²) in [5.74, 6) is 0.277. The number of hydrogen-bond donors (Lipinski definition) is 1. The average Bonchev–Trinajstić information content (AvgIpc) is 2.57. The number of nitrogens with zero attached hydrogens (tertiary/aromatic N) is 3. The van der Waals surface area contributed by atoms with Gasteiger partial charge in [-0.1, -0.05) is 29.8 Å². The predicted octanol–water partition coefficient (Wildman–Crippen LogP) is 1.98. The van der Waals surface area contributed by atoms with Crippen LogP contribution in [0.1, 0.15) is 5.69 Å². The molecule has 2 aromatic rings. The minimum atomic E-state index is 0.137. The van der Waals surface area contributed by atoms with Gasteiger partial charge in [0.2, 0.25) is 0 Å². The number of hydrogen-bond acceptors (Lipinski definition) is 3. The number of aromatic nitrogens is 2. The van der Waals surface area contributed by atoms with Crippen molar-refractivity contribution in [1.29, 1.82) is 5.26 Å². The van der Waals surface area contributed by atoms with E-state index in [1.165, 1.54) is 4.68 Å². The zero-order valence-electron chi connectivity index (χ0n) is 7.68. The van der Waals surface area contributed by atoms with Crippen LogP contribution in [0.4, 0.5) is 5.82 Å². The first-order chi connectivity index (χ1) is 7.24. The van der Waals surface area contributed by atoms with E-state index in [2.05, 4.69) is 5.10 Å². The fourth-order valence-corrected chi connectivity index (χ4v) is 1.41. The van der Waals surface area contributed by atoms with E-state index >= 15 is 0 Å². The second kappa shape index (κ2) is 3.64. The molecule has 0 fully saturated rings. The summed E-state index contributed by atoms with van der Waals surface area (Å²) in [6.07, 6.45) is 0. The minimum absolute atomic E-state index is 0.137. The highest BCUT2D eigenvalue weighted by molar-refractivity contribution is 6.33. The Kier molecular flexibility index (Phi) is 2.32. The van der Waals surface area contributed by atoms with E-state index in [1.54, 1.807) is 0 Å². The summed E-state index contributed by atoms with van der Waals surface area (Å²) in [5, 5.41) is 12.9. The van der Waals surface area contributed by atoms with Gasteiger partial charge in [0.1, 0.15) is 16.9 Å². The summed E-state index contributed by atoms with van der Waals surface area (Å²) < 4.78 is 1.45. The standard InChI is InChI=1S/C10H7ClN4/c11-9-8(6-12)14-15(10(9)13)7-4-2-1-3-5-7/h1-5H,13H2. The van der Waals surface area contributed by atoms with Crippen molar-refractivity contribution in [1.82, 2.24) is 9.78 Å². The van der Waals surface area contributed by atoms with Gasteiger partial charge in [0.25, 0.3) is 0 Å². The predicted molar refractivity (Wildman–Crippen MR) is 57.7 cm³/mol. The van der Waals surface area contributed by atoms with Crippen molar-refractivity contribution >= 4 is 17.4 Å². The number of rotatable bonds is 1. The molecule has 1 aromatic carbocycles. The normalized spacial score (nSPS) is 9.87. The summed E-state index contributed by atoms with van der Waals surface area (Å²) in [7, 11) is 0. The number of nitrogen functional groups attached to an aromatic ring is 1. The number of nitrogens with two attached hydrogens (primary N) is 1. The van der Waals surface area contributed by atoms with Crippen LogP contribution < -0.4 is 5.73 Å². The lowest BCUT2D eigenvalue weighted by Crippen LogP contribution is -2.01. The third-order valence-electron chi connectivity index (χ3n) is 1.97. The van der Waals surface area contributed by atoms with Crippen molar-refractivity contribution in [3.05, 3.63) is 41.0 Å². The van der Waals surface area contributed by atoms with E-state index in [4.69, 9.17) is 22.6 Å². The molecule has 0 saturated carbocycles. The molecule has 2 rings (SSSR count). The summed E-state index contributed by atoms with van der Waals surface area (Å²) >= 11 is 5.83. The third kappa shape index (κ3) is 1.53. The lowest BCUT2D eigenvalue weighted by Gasteiger charge is -2.02. The van der Waals surface area contributed by atoms with Gasteiger partial charge >= 0.3 is 0 Å². The number of anilines is 1. The number of halogens is 1. The van der Waals surface area contributed by atoms with E-state index in [0.717, 1.165) is 5.69 Å². The molecule has 5 heteroatoms. The van der Waals surface area contributed by atoms with E-state index < -0.39 is 0 Å². The van der Waals surface area contributed by atoms with Crippen molar-refractivity contribution in [2.75, 3.05) is 5.73 Å². The van der Waals surface area contributed by atoms with Crippen LogP contribution in [0.2, 0.25) is 5.02 Å². The molecule has 0 amide bonds. The lowest BCUT2D eigenvalue weighted by atomic mass is 10.3. The zero-order chi connectivity index (χ0) is 10.8. The van der Waals surface area contributed by atoms with Crippen LogP contribution in [0.3, 0.4) is 0 Å². The molecule has 2 N–H and O–H groups in total. The molecule has 15 heavy (non-hydrogen) atoms. The molecule has 0 aliphatic carbocycles. The first kappa shape index (κ1) is 9.56. The molecule has 0 aliphatic heterocycles. The Morgan fingerprint density at radius 1 is 1.33 bits per heavy atom. The van der Waals surface area contributed by atoms with Gasteiger partial charge in [-0.3, -0.25) is 0 Å². The zero-order valence-corrected chi connectivity index (χ0v) is 8.44.